The fourth-order valence-electron chi connectivity index (χ4n) is 2.26. The summed E-state index contributed by atoms with van der Waals surface area (Å²) >= 11 is 0. The molecule has 0 unspecified atom stereocenters. The highest BCUT2D eigenvalue weighted by atomic mass is 16.5. The number of carbonyl (C=O) groups is 2. The molecule has 26 heavy (non-hydrogen) atoms. The molecule has 2 aromatic rings. The standard InChI is InChI=1S/C20H24N2O4/c1-5-26-17-13-9-7-11-15(17)22-19(24)20(2,3)18(23)21-14-10-6-8-12-16(14)25-4/h6-13H,5H2,1-4H3,(H,21,23)(H,22,24). The Morgan fingerprint density at radius 1 is 0.885 bits per heavy atom. The van der Waals surface area contributed by atoms with Crippen LogP contribution in [0.3, 0.4) is 0 Å². The smallest absolute Gasteiger partial charge is 0.239 e. The minimum atomic E-state index is -1.31. The molecule has 0 saturated heterocycles. The van der Waals surface area contributed by atoms with Crippen LogP contribution in [-0.2, 0) is 9.59 Å². The molecule has 2 aromatic carbocycles. The summed E-state index contributed by atoms with van der Waals surface area (Å²) in [5, 5.41) is 5.53. The van der Waals surface area contributed by atoms with Gasteiger partial charge >= 0.3 is 0 Å². The summed E-state index contributed by atoms with van der Waals surface area (Å²) in [5.74, 6) is 0.216. The van der Waals surface area contributed by atoms with Crippen LogP contribution >= 0.6 is 0 Å². The lowest BCUT2D eigenvalue weighted by atomic mass is 9.90. The van der Waals surface area contributed by atoms with Gasteiger partial charge in [0.15, 0.2) is 0 Å². The number of ether oxygens (including phenoxy) is 2. The Kier molecular flexibility index (Phi) is 6.22. The van der Waals surface area contributed by atoms with Crippen molar-refractivity contribution in [1.82, 2.24) is 0 Å². The van der Waals surface area contributed by atoms with Crippen molar-refractivity contribution in [2.45, 2.75) is 20.8 Å². The number of hydrogen-bond donors (Lipinski definition) is 2. The molecule has 0 heterocycles. The second kappa shape index (κ2) is 8.38. The number of methoxy groups -OCH3 is 1. The van der Waals surface area contributed by atoms with Gasteiger partial charge in [-0.1, -0.05) is 24.3 Å². The summed E-state index contributed by atoms with van der Waals surface area (Å²) in [6.45, 7) is 5.47. The van der Waals surface area contributed by atoms with Crippen LogP contribution in [0.4, 0.5) is 11.4 Å². The van der Waals surface area contributed by atoms with Gasteiger partial charge < -0.3 is 20.1 Å². The highest BCUT2D eigenvalue weighted by Gasteiger charge is 2.37. The number of rotatable bonds is 7. The molecule has 138 valence electrons. The fourth-order valence-corrected chi connectivity index (χ4v) is 2.26. The summed E-state index contributed by atoms with van der Waals surface area (Å²) in [6, 6.07) is 14.1. The Hall–Kier alpha value is -3.02. The average molecular weight is 356 g/mol. The zero-order valence-corrected chi connectivity index (χ0v) is 15.5. The Morgan fingerprint density at radius 2 is 1.35 bits per heavy atom. The minimum Gasteiger partial charge on any atom is -0.495 e. The predicted molar refractivity (Wildman–Crippen MR) is 102 cm³/mol. The molecule has 0 saturated carbocycles. The zero-order chi connectivity index (χ0) is 19.2. The van der Waals surface area contributed by atoms with Crippen LogP contribution in [0.25, 0.3) is 0 Å². The van der Waals surface area contributed by atoms with E-state index >= 15 is 0 Å². The molecule has 0 radical (unpaired) electrons. The molecule has 0 fully saturated rings. The number of hydrogen-bond acceptors (Lipinski definition) is 4. The summed E-state index contributed by atoms with van der Waals surface area (Å²) in [7, 11) is 1.52. The van der Waals surface area contributed by atoms with E-state index in [1.54, 1.807) is 56.3 Å². The molecule has 0 aromatic heterocycles. The number of para-hydroxylation sites is 4. The first-order valence-electron chi connectivity index (χ1n) is 8.38. The van der Waals surface area contributed by atoms with E-state index in [0.717, 1.165) is 0 Å². The van der Waals surface area contributed by atoms with E-state index in [4.69, 9.17) is 9.47 Å². The van der Waals surface area contributed by atoms with Gasteiger partial charge in [-0.25, -0.2) is 0 Å². The Bertz CT molecular complexity index is 787. The topological polar surface area (TPSA) is 76.7 Å². The Labute approximate surface area is 153 Å². The summed E-state index contributed by atoms with van der Waals surface area (Å²) in [6.07, 6.45) is 0. The van der Waals surface area contributed by atoms with Gasteiger partial charge in [0.1, 0.15) is 16.9 Å². The number of anilines is 2. The van der Waals surface area contributed by atoms with Gasteiger partial charge in [0.05, 0.1) is 25.1 Å². The number of benzene rings is 2. The Balaban J connectivity index is 2.15. The molecule has 6 heteroatoms. The van der Waals surface area contributed by atoms with Crippen molar-refractivity contribution in [1.29, 1.82) is 0 Å². The van der Waals surface area contributed by atoms with Gasteiger partial charge in [0, 0.05) is 0 Å². The van der Waals surface area contributed by atoms with Crippen LogP contribution in [0.15, 0.2) is 48.5 Å². The molecule has 0 spiro atoms. The first-order valence-corrected chi connectivity index (χ1v) is 8.38. The maximum absolute atomic E-state index is 12.7. The first-order chi connectivity index (χ1) is 12.4. The highest BCUT2D eigenvalue weighted by molar-refractivity contribution is 6.14. The van der Waals surface area contributed by atoms with E-state index in [-0.39, 0.29) is 0 Å². The molecular formula is C20H24N2O4. The van der Waals surface area contributed by atoms with E-state index in [1.165, 1.54) is 7.11 Å². The molecule has 2 amide bonds. The lowest BCUT2D eigenvalue weighted by Crippen LogP contribution is -2.41. The number of nitrogens with one attached hydrogen (secondary N) is 2. The van der Waals surface area contributed by atoms with Crippen molar-refractivity contribution >= 4 is 23.2 Å². The third-order valence-electron chi connectivity index (χ3n) is 3.93. The number of amides is 2. The highest BCUT2D eigenvalue weighted by Crippen LogP contribution is 2.29. The van der Waals surface area contributed by atoms with E-state index in [0.29, 0.717) is 29.5 Å². The molecular weight excluding hydrogens is 332 g/mol. The number of carbonyl (C=O) groups excluding carboxylic acids is 2. The maximum Gasteiger partial charge on any atom is 0.239 e. The third kappa shape index (κ3) is 4.33. The van der Waals surface area contributed by atoms with Gasteiger partial charge in [-0.3, -0.25) is 9.59 Å². The predicted octanol–water partition coefficient (Wildman–Crippen LogP) is 3.70. The second-order valence-electron chi connectivity index (χ2n) is 6.16. The SMILES string of the molecule is CCOc1ccccc1NC(=O)C(C)(C)C(=O)Nc1ccccc1OC. The van der Waals surface area contributed by atoms with Crippen molar-refractivity contribution in [2.24, 2.45) is 5.41 Å². The minimum absolute atomic E-state index is 0.433. The first kappa shape index (κ1) is 19.3. The van der Waals surface area contributed by atoms with Crippen molar-refractivity contribution in [3.63, 3.8) is 0 Å². The van der Waals surface area contributed by atoms with Gasteiger partial charge in [-0.15, -0.1) is 0 Å². The summed E-state index contributed by atoms with van der Waals surface area (Å²) in [5.41, 5.74) is -0.270. The zero-order valence-electron chi connectivity index (χ0n) is 15.5. The van der Waals surface area contributed by atoms with E-state index in [1.807, 2.05) is 13.0 Å². The molecule has 0 aliphatic carbocycles. The van der Waals surface area contributed by atoms with E-state index in [9.17, 15) is 9.59 Å². The van der Waals surface area contributed by atoms with Gasteiger partial charge in [-0.05, 0) is 45.0 Å². The largest absolute Gasteiger partial charge is 0.495 e. The van der Waals surface area contributed by atoms with Gasteiger partial charge in [0.25, 0.3) is 0 Å². The van der Waals surface area contributed by atoms with Crippen molar-refractivity contribution in [2.75, 3.05) is 24.4 Å². The summed E-state index contributed by atoms with van der Waals surface area (Å²) < 4.78 is 10.7. The van der Waals surface area contributed by atoms with Crippen molar-refractivity contribution < 1.29 is 19.1 Å². The lowest BCUT2D eigenvalue weighted by Gasteiger charge is -2.24. The second-order valence-corrected chi connectivity index (χ2v) is 6.16. The van der Waals surface area contributed by atoms with Crippen LogP contribution in [0.2, 0.25) is 0 Å². The van der Waals surface area contributed by atoms with Crippen LogP contribution in [0.5, 0.6) is 11.5 Å². The van der Waals surface area contributed by atoms with E-state index < -0.39 is 17.2 Å². The molecule has 0 aliphatic rings. The van der Waals surface area contributed by atoms with Crippen molar-refractivity contribution in [3.8, 4) is 11.5 Å². The molecule has 0 aliphatic heterocycles. The van der Waals surface area contributed by atoms with Crippen LogP contribution in [0, 0.1) is 5.41 Å². The normalized spacial score (nSPS) is 10.8. The van der Waals surface area contributed by atoms with Gasteiger partial charge in [0.2, 0.25) is 11.8 Å². The lowest BCUT2D eigenvalue weighted by molar-refractivity contribution is -0.135. The molecule has 0 atom stereocenters. The summed E-state index contributed by atoms with van der Waals surface area (Å²) in [4.78, 5) is 25.4. The van der Waals surface area contributed by atoms with Gasteiger partial charge in [-0.2, -0.15) is 0 Å². The molecule has 0 bridgehead atoms. The van der Waals surface area contributed by atoms with Crippen LogP contribution in [-0.4, -0.2) is 25.5 Å². The third-order valence-corrected chi connectivity index (χ3v) is 3.93. The Morgan fingerprint density at radius 3 is 1.85 bits per heavy atom. The maximum atomic E-state index is 12.7. The van der Waals surface area contributed by atoms with Crippen LogP contribution in [0.1, 0.15) is 20.8 Å². The quantitative estimate of drug-likeness (QED) is 0.742. The molecule has 2 N–H and O–H groups in total. The van der Waals surface area contributed by atoms with Crippen molar-refractivity contribution in [3.05, 3.63) is 48.5 Å². The molecule has 6 nitrogen and oxygen atoms in total. The molecule has 2 rings (SSSR count). The van der Waals surface area contributed by atoms with Crippen LogP contribution < -0.4 is 20.1 Å². The average Bonchev–Trinajstić information content (AvgIpc) is 2.63. The fraction of sp³-hybridized carbons (Fsp3) is 0.300. The monoisotopic (exact) mass is 356 g/mol. The van der Waals surface area contributed by atoms with E-state index in [2.05, 4.69) is 10.6 Å².